The van der Waals surface area contributed by atoms with Crippen LogP contribution in [0.4, 0.5) is 8.78 Å². The molecule has 150 valence electrons. The molecule has 6 nitrogen and oxygen atoms in total. The van der Waals surface area contributed by atoms with E-state index in [0.717, 1.165) is 11.3 Å². The number of hydrogen-bond acceptors (Lipinski definition) is 6. The van der Waals surface area contributed by atoms with Crippen LogP contribution in [0.3, 0.4) is 0 Å². The quantitative estimate of drug-likeness (QED) is 0.677. The molecule has 3 N–H and O–H groups in total. The van der Waals surface area contributed by atoms with Gasteiger partial charge in [-0.2, -0.15) is 0 Å². The van der Waals surface area contributed by atoms with Crippen LogP contribution in [0.15, 0.2) is 46.6 Å². The van der Waals surface area contributed by atoms with Crippen LogP contribution in [-0.2, 0) is 6.54 Å². The lowest BCUT2D eigenvalue weighted by atomic mass is 10.1. The Bertz CT molecular complexity index is 810. The molecule has 0 atom stereocenters. The second-order valence-electron chi connectivity index (χ2n) is 7.07. The number of nitrogens with one attached hydrogen (secondary N) is 3. The van der Waals surface area contributed by atoms with E-state index in [1.165, 1.54) is 6.21 Å². The fourth-order valence-electron chi connectivity index (χ4n) is 3.18. The van der Waals surface area contributed by atoms with Crippen molar-refractivity contribution < 1.29 is 8.78 Å². The van der Waals surface area contributed by atoms with Gasteiger partial charge in [0.25, 0.3) is 5.92 Å². The van der Waals surface area contributed by atoms with Crippen LogP contribution in [0.1, 0.15) is 37.4 Å². The number of piperidine rings is 1. The zero-order valence-corrected chi connectivity index (χ0v) is 16.2. The Balaban J connectivity index is 1.83. The molecule has 0 amide bonds. The molecule has 0 saturated carbocycles. The zero-order chi connectivity index (χ0) is 20.1. The smallest absolute Gasteiger partial charge is 0.265 e. The zero-order valence-electron chi connectivity index (χ0n) is 16.2. The van der Waals surface area contributed by atoms with E-state index in [1.54, 1.807) is 17.2 Å². The molecule has 0 radical (unpaired) electrons. The summed E-state index contributed by atoms with van der Waals surface area (Å²) in [6, 6.07) is 3.93. The maximum Gasteiger partial charge on any atom is 0.265 e. The van der Waals surface area contributed by atoms with Gasteiger partial charge < -0.3 is 20.9 Å². The molecule has 8 heteroatoms. The van der Waals surface area contributed by atoms with Crippen molar-refractivity contribution >= 4 is 12.1 Å². The first-order chi connectivity index (χ1) is 13.4. The first-order valence-corrected chi connectivity index (χ1v) is 9.49. The van der Waals surface area contributed by atoms with E-state index in [0.29, 0.717) is 49.0 Å². The molecule has 28 heavy (non-hydrogen) atoms. The summed E-state index contributed by atoms with van der Waals surface area (Å²) in [6.45, 7) is 4.61. The second-order valence-corrected chi connectivity index (χ2v) is 7.07. The standard InChI is InChI=1S/C20H26F2N6/c1-3-16(10-23)19-26-17(25-12-15-6-5-14(2)24-11-15)9-18(27-19)28-8-4-7-20(21,22)13-28/h5-6,9-11,23,25-26H,3-4,7-8,12-13H2,1-2H3/b19-16+,23-10?. The Morgan fingerprint density at radius 3 is 2.89 bits per heavy atom. The molecule has 0 aromatic carbocycles. The van der Waals surface area contributed by atoms with Gasteiger partial charge in [0.2, 0.25) is 0 Å². The number of nitrogens with zero attached hydrogens (tertiary/aromatic N) is 3. The Morgan fingerprint density at radius 1 is 1.43 bits per heavy atom. The lowest BCUT2D eigenvalue weighted by molar-refractivity contribution is -0.0465. The average molecular weight is 388 g/mol. The number of allylic oxidation sites excluding steroid dienone is 1. The van der Waals surface area contributed by atoms with Crippen molar-refractivity contribution in [1.29, 1.82) is 5.41 Å². The van der Waals surface area contributed by atoms with Gasteiger partial charge in [-0.3, -0.25) is 4.98 Å². The first-order valence-electron chi connectivity index (χ1n) is 9.49. The van der Waals surface area contributed by atoms with E-state index in [2.05, 4.69) is 20.6 Å². The number of halogens is 2. The topological polar surface area (TPSA) is 76.4 Å². The highest BCUT2D eigenvalue weighted by molar-refractivity contribution is 5.96. The monoisotopic (exact) mass is 388 g/mol. The van der Waals surface area contributed by atoms with E-state index in [4.69, 9.17) is 5.41 Å². The maximum absolute atomic E-state index is 13.9. The Morgan fingerprint density at radius 2 is 2.25 bits per heavy atom. The summed E-state index contributed by atoms with van der Waals surface area (Å²) in [4.78, 5) is 10.4. The fourth-order valence-corrected chi connectivity index (χ4v) is 3.18. The summed E-state index contributed by atoms with van der Waals surface area (Å²) in [6.07, 6.45) is 5.76. The van der Waals surface area contributed by atoms with Crippen molar-refractivity contribution in [2.45, 2.75) is 45.6 Å². The van der Waals surface area contributed by atoms with Crippen LogP contribution >= 0.6 is 0 Å². The van der Waals surface area contributed by atoms with Gasteiger partial charge in [-0.25, -0.2) is 13.8 Å². The predicted molar refractivity (Wildman–Crippen MR) is 106 cm³/mol. The number of alkyl halides is 2. The molecular weight excluding hydrogens is 362 g/mol. The predicted octanol–water partition coefficient (Wildman–Crippen LogP) is 3.32. The van der Waals surface area contributed by atoms with Crippen molar-refractivity contribution in [2.75, 3.05) is 13.1 Å². The van der Waals surface area contributed by atoms with Gasteiger partial charge in [0, 0.05) is 49.3 Å². The van der Waals surface area contributed by atoms with E-state index < -0.39 is 5.92 Å². The SMILES string of the molecule is CC/C(C=N)=C1\N=C(N2CCCC(F)(F)C2)C=C(NCc2ccc(C)nc2)N1. The molecule has 0 unspecified atom stereocenters. The van der Waals surface area contributed by atoms with Crippen LogP contribution < -0.4 is 10.6 Å². The number of aromatic nitrogens is 1. The van der Waals surface area contributed by atoms with Gasteiger partial charge in [0.1, 0.15) is 17.5 Å². The fraction of sp³-hybridized carbons (Fsp3) is 0.450. The van der Waals surface area contributed by atoms with Crippen LogP contribution in [0.2, 0.25) is 0 Å². The van der Waals surface area contributed by atoms with Gasteiger partial charge in [-0.15, -0.1) is 0 Å². The van der Waals surface area contributed by atoms with Gasteiger partial charge in [-0.1, -0.05) is 13.0 Å². The molecule has 3 rings (SSSR count). The summed E-state index contributed by atoms with van der Waals surface area (Å²) < 4.78 is 27.8. The van der Waals surface area contributed by atoms with Crippen LogP contribution in [0.25, 0.3) is 0 Å². The minimum atomic E-state index is -2.71. The molecule has 1 fully saturated rings. The number of aliphatic imine (C=N–C) groups is 1. The van der Waals surface area contributed by atoms with Gasteiger partial charge in [-0.05, 0) is 31.4 Å². The molecule has 0 bridgehead atoms. The van der Waals surface area contributed by atoms with Crippen molar-refractivity contribution in [3.8, 4) is 0 Å². The van der Waals surface area contributed by atoms with Crippen LogP contribution in [0.5, 0.6) is 0 Å². The summed E-state index contributed by atoms with van der Waals surface area (Å²) >= 11 is 0. The summed E-state index contributed by atoms with van der Waals surface area (Å²) in [5, 5.41) is 14.1. The van der Waals surface area contributed by atoms with Crippen LogP contribution in [0, 0.1) is 12.3 Å². The van der Waals surface area contributed by atoms with Crippen molar-refractivity contribution in [2.24, 2.45) is 4.99 Å². The molecule has 0 aliphatic carbocycles. The molecule has 0 spiro atoms. The van der Waals surface area contributed by atoms with E-state index in [1.807, 2.05) is 26.0 Å². The molecule has 1 aromatic heterocycles. The van der Waals surface area contributed by atoms with E-state index in [9.17, 15) is 8.78 Å². The highest BCUT2D eigenvalue weighted by Gasteiger charge is 2.36. The molecular formula is C20H26F2N6. The van der Waals surface area contributed by atoms with Gasteiger partial charge in [0.05, 0.1) is 6.54 Å². The third-order valence-corrected chi connectivity index (χ3v) is 4.78. The maximum atomic E-state index is 13.9. The summed E-state index contributed by atoms with van der Waals surface area (Å²) in [7, 11) is 0. The van der Waals surface area contributed by atoms with Gasteiger partial charge >= 0.3 is 0 Å². The lowest BCUT2D eigenvalue weighted by Gasteiger charge is -2.35. The van der Waals surface area contributed by atoms with E-state index >= 15 is 0 Å². The number of rotatable bonds is 5. The molecule has 1 aromatic rings. The van der Waals surface area contributed by atoms with Crippen molar-refractivity contribution in [1.82, 2.24) is 20.5 Å². The number of aryl methyl sites for hydroxylation is 1. The van der Waals surface area contributed by atoms with Crippen molar-refractivity contribution in [3.05, 3.63) is 52.9 Å². The van der Waals surface area contributed by atoms with Crippen LogP contribution in [-0.4, -0.2) is 40.9 Å². The van der Waals surface area contributed by atoms with Crippen molar-refractivity contribution in [3.63, 3.8) is 0 Å². The largest absolute Gasteiger partial charge is 0.367 e. The third-order valence-electron chi connectivity index (χ3n) is 4.78. The number of amidine groups is 1. The number of pyridine rings is 1. The minimum Gasteiger partial charge on any atom is -0.367 e. The van der Waals surface area contributed by atoms with Gasteiger partial charge in [0.15, 0.2) is 0 Å². The highest BCUT2D eigenvalue weighted by Crippen LogP contribution is 2.27. The molecule has 1 saturated heterocycles. The Hall–Kier alpha value is -2.77. The molecule has 2 aliphatic heterocycles. The number of likely N-dealkylation sites (tertiary alicyclic amines) is 1. The first kappa shape index (κ1) is 20.0. The number of hydrogen-bond donors (Lipinski definition) is 3. The highest BCUT2D eigenvalue weighted by atomic mass is 19.3. The second kappa shape index (κ2) is 8.50. The normalized spacial score (nSPS) is 20.6. The third kappa shape index (κ3) is 4.94. The minimum absolute atomic E-state index is 0.0896. The Labute approximate surface area is 164 Å². The molecule has 2 aliphatic rings. The van der Waals surface area contributed by atoms with E-state index in [-0.39, 0.29) is 13.0 Å². The summed E-state index contributed by atoms with van der Waals surface area (Å²) in [5.74, 6) is -1.03. The molecule has 3 heterocycles. The lowest BCUT2D eigenvalue weighted by Crippen LogP contribution is -2.47. The Kier molecular flexibility index (Phi) is 6.06. The summed E-state index contributed by atoms with van der Waals surface area (Å²) in [5.41, 5.74) is 2.67. The average Bonchev–Trinajstić information content (AvgIpc) is 2.68.